The predicted molar refractivity (Wildman–Crippen MR) is 43.5 cm³/mol. The van der Waals surface area contributed by atoms with Crippen molar-refractivity contribution in [1.29, 1.82) is 0 Å². The summed E-state index contributed by atoms with van der Waals surface area (Å²) in [6, 6.07) is 0. The first-order valence-electron chi connectivity index (χ1n) is 3.01. The summed E-state index contributed by atoms with van der Waals surface area (Å²) in [5.41, 5.74) is 6.41. The molecule has 0 amide bonds. The lowest BCUT2D eigenvalue weighted by molar-refractivity contribution is 1.03. The van der Waals surface area contributed by atoms with Crippen LogP contribution in [0.2, 0.25) is 0 Å². The monoisotopic (exact) mass is 201 g/mol. The Morgan fingerprint density at radius 1 is 1.70 bits per heavy atom. The fourth-order valence-electron chi connectivity index (χ4n) is 0.636. The summed E-state index contributed by atoms with van der Waals surface area (Å²) in [5.74, 6) is 0.309. The lowest BCUT2D eigenvalue weighted by Gasteiger charge is -1.98. The summed E-state index contributed by atoms with van der Waals surface area (Å²) in [6.45, 7) is 2.04. The third kappa shape index (κ3) is 1.44. The molecule has 0 aliphatic rings. The number of hydrogen-bond acceptors (Lipinski definition) is 3. The first-order valence-corrected chi connectivity index (χ1v) is 3.80. The lowest BCUT2D eigenvalue weighted by atomic mass is 10.3. The molecule has 0 saturated carbocycles. The van der Waals surface area contributed by atoms with Crippen LogP contribution in [0.5, 0.6) is 0 Å². The van der Waals surface area contributed by atoms with Crippen LogP contribution in [0.1, 0.15) is 12.5 Å². The van der Waals surface area contributed by atoms with Gasteiger partial charge in [0.25, 0.3) is 0 Å². The van der Waals surface area contributed by atoms with E-state index in [1.54, 1.807) is 6.20 Å². The minimum Gasteiger partial charge on any atom is -0.368 e. The standard InChI is InChI=1S/C6H8BrN3/c1-2-4-3-9-6(8)10-5(4)7/h3H,2H2,1H3,(H2,8,9,10). The molecule has 4 heteroatoms. The summed E-state index contributed by atoms with van der Waals surface area (Å²) < 4.78 is 0.794. The van der Waals surface area contributed by atoms with Gasteiger partial charge in [-0.25, -0.2) is 9.97 Å². The molecule has 2 N–H and O–H groups in total. The number of aryl methyl sites for hydroxylation is 1. The zero-order chi connectivity index (χ0) is 7.56. The van der Waals surface area contributed by atoms with Crippen LogP contribution in [0.4, 0.5) is 5.95 Å². The van der Waals surface area contributed by atoms with Gasteiger partial charge < -0.3 is 5.73 Å². The molecular weight excluding hydrogens is 194 g/mol. The number of nitrogen functional groups attached to an aromatic ring is 1. The van der Waals surface area contributed by atoms with E-state index in [1.165, 1.54) is 0 Å². The van der Waals surface area contributed by atoms with Crippen molar-refractivity contribution in [3.63, 3.8) is 0 Å². The maximum absolute atomic E-state index is 5.33. The zero-order valence-corrected chi connectivity index (χ0v) is 7.22. The summed E-state index contributed by atoms with van der Waals surface area (Å²) in [4.78, 5) is 7.78. The van der Waals surface area contributed by atoms with Crippen LogP contribution in [0, 0.1) is 0 Å². The van der Waals surface area contributed by atoms with Gasteiger partial charge in [0, 0.05) is 11.8 Å². The van der Waals surface area contributed by atoms with Crippen LogP contribution in [0.3, 0.4) is 0 Å². The predicted octanol–water partition coefficient (Wildman–Crippen LogP) is 1.38. The highest BCUT2D eigenvalue weighted by atomic mass is 79.9. The molecule has 0 aliphatic heterocycles. The molecule has 0 saturated heterocycles. The second kappa shape index (κ2) is 2.96. The van der Waals surface area contributed by atoms with E-state index in [2.05, 4.69) is 25.9 Å². The molecule has 0 fully saturated rings. The Morgan fingerprint density at radius 3 is 2.90 bits per heavy atom. The summed E-state index contributed by atoms with van der Waals surface area (Å²) in [5, 5.41) is 0. The minimum absolute atomic E-state index is 0.309. The number of nitrogens with zero attached hydrogens (tertiary/aromatic N) is 2. The Bertz CT molecular complexity index is 236. The molecule has 1 aromatic rings. The molecule has 3 nitrogen and oxygen atoms in total. The number of rotatable bonds is 1. The maximum Gasteiger partial charge on any atom is 0.221 e. The fraction of sp³-hybridized carbons (Fsp3) is 0.333. The second-order valence-electron chi connectivity index (χ2n) is 1.90. The van der Waals surface area contributed by atoms with Crippen LogP contribution < -0.4 is 5.73 Å². The second-order valence-corrected chi connectivity index (χ2v) is 2.65. The van der Waals surface area contributed by atoms with Crippen molar-refractivity contribution in [3.05, 3.63) is 16.4 Å². The van der Waals surface area contributed by atoms with Crippen molar-refractivity contribution in [3.8, 4) is 0 Å². The maximum atomic E-state index is 5.33. The van der Waals surface area contributed by atoms with Gasteiger partial charge in [-0.1, -0.05) is 6.92 Å². The van der Waals surface area contributed by atoms with E-state index < -0.39 is 0 Å². The first kappa shape index (κ1) is 7.47. The van der Waals surface area contributed by atoms with Gasteiger partial charge in [0.2, 0.25) is 5.95 Å². The van der Waals surface area contributed by atoms with Gasteiger partial charge >= 0.3 is 0 Å². The van der Waals surface area contributed by atoms with Crippen molar-refractivity contribution in [2.45, 2.75) is 13.3 Å². The number of nitrogens with two attached hydrogens (primary N) is 1. The quantitative estimate of drug-likeness (QED) is 0.700. The smallest absolute Gasteiger partial charge is 0.221 e. The van der Waals surface area contributed by atoms with Crippen LogP contribution in [-0.4, -0.2) is 9.97 Å². The molecule has 0 aliphatic carbocycles. The van der Waals surface area contributed by atoms with E-state index in [1.807, 2.05) is 6.92 Å². The Hall–Kier alpha value is -0.640. The van der Waals surface area contributed by atoms with Crippen molar-refractivity contribution >= 4 is 21.9 Å². The van der Waals surface area contributed by atoms with E-state index in [0.717, 1.165) is 16.6 Å². The van der Waals surface area contributed by atoms with Gasteiger partial charge in [0.15, 0.2) is 0 Å². The van der Waals surface area contributed by atoms with Gasteiger partial charge in [-0.05, 0) is 22.4 Å². The first-order chi connectivity index (χ1) is 4.74. The van der Waals surface area contributed by atoms with E-state index in [4.69, 9.17) is 5.73 Å². The molecule has 1 aromatic heterocycles. The zero-order valence-electron chi connectivity index (χ0n) is 5.63. The summed E-state index contributed by atoms with van der Waals surface area (Å²) in [6.07, 6.45) is 2.65. The SMILES string of the molecule is CCc1cnc(N)nc1Br. The normalized spacial score (nSPS) is 9.80. The Balaban J connectivity index is 3.07. The molecule has 0 unspecified atom stereocenters. The molecule has 0 atom stereocenters. The van der Waals surface area contributed by atoms with Crippen molar-refractivity contribution < 1.29 is 0 Å². The third-order valence-corrected chi connectivity index (χ3v) is 1.90. The van der Waals surface area contributed by atoms with Gasteiger partial charge in [-0.15, -0.1) is 0 Å². The largest absolute Gasteiger partial charge is 0.368 e. The lowest BCUT2D eigenvalue weighted by Crippen LogP contribution is -1.96. The molecule has 0 spiro atoms. The number of aromatic nitrogens is 2. The molecule has 54 valence electrons. The number of hydrogen-bond donors (Lipinski definition) is 1. The van der Waals surface area contributed by atoms with Gasteiger partial charge in [0.05, 0.1) is 0 Å². The summed E-state index contributed by atoms with van der Waals surface area (Å²) >= 11 is 3.28. The van der Waals surface area contributed by atoms with Crippen LogP contribution in [0.15, 0.2) is 10.8 Å². The van der Waals surface area contributed by atoms with E-state index >= 15 is 0 Å². The molecule has 0 aromatic carbocycles. The summed E-state index contributed by atoms with van der Waals surface area (Å²) in [7, 11) is 0. The molecule has 10 heavy (non-hydrogen) atoms. The highest BCUT2D eigenvalue weighted by Gasteiger charge is 1.98. The number of halogens is 1. The van der Waals surface area contributed by atoms with Crippen LogP contribution >= 0.6 is 15.9 Å². The van der Waals surface area contributed by atoms with Crippen molar-refractivity contribution in [2.75, 3.05) is 5.73 Å². The highest BCUT2D eigenvalue weighted by Crippen LogP contribution is 2.13. The van der Waals surface area contributed by atoms with Gasteiger partial charge in [-0.2, -0.15) is 0 Å². The molecule has 1 rings (SSSR count). The molecule has 1 heterocycles. The molecular formula is C6H8BrN3. The Labute approximate surface area is 67.8 Å². The topological polar surface area (TPSA) is 51.8 Å². The highest BCUT2D eigenvalue weighted by molar-refractivity contribution is 9.10. The van der Waals surface area contributed by atoms with E-state index in [9.17, 15) is 0 Å². The average molecular weight is 202 g/mol. The third-order valence-electron chi connectivity index (χ3n) is 1.21. The minimum atomic E-state index is 0.309. The average Bonchev–Trinajstić information content (AvgIpc) is 1.88. The van der Waals surface area contributed by atoms with Crippen LogP contribution in [0.25, 0.3) is 0 Å². The fourth-order valence-corrected chi connectivity index (χ4v) is 1.20. The van der Waals surface area contributed by atoms with Crippen molar-refractivity contribution in [2.24, 2.45) is 0 Å². The van der Waals surface area contributed by atoms with E-state index in [-0.39, 0.29) is 0 Å². The van der Waals surface area contributed by atoms with Crippen LogP contribution in [-0.2, 0) is 6.42 Å². The number of anilines is 1. The van der Waals surface area contributed by atoms with Crippen molar-refractivity contribution in [1.82, 2.24) is 9.97 Å². The Morgan fingerprint density at radius 2 is 2.40 bits per heavy atom. The van der Waals surface area contributed by atoms with Gasteiger partial charge in [0.1, 0.15) is 4.60 Å². The van der Waals surface area contributed by atoms with Gasteiger partial charge in [-0.3, -0.25) is 0 Å². The molecule has 0 radical (unpaired) electrons. The Kier molecular flexibility index (Phi) is 2.21. The van der Waals surface area contributed by atoms with E-state index in [0.29, 0.717) is 5.95 Å². The molecule has 0 bridgehead atoms.